The maximum absolute atomic E-state index is 14.2. The summed E-state index contributed by atoms with van der Waals surface area (Å²) in [5.41, 5.74) is 3.21. The molecule has 0 aromatic heterocycles. The van der Waals surface area contributed by atoms with Crippen LogP contribution < -0.4 is 9.64 Å². The summed E-state index contributed by atoms with van der Waals surface area (Å²) in [4.78, 5) is 17.7. The van der Waals surface area contributed by atoms with E-state index in [4.69, 9.17) is 21.4 Å². The molecule has 186 valence electrons. The van der Waals surface area contributed by atoms with Gasteiger partial charge in [0, 0.05) is 43.2 Å². The second kappa shape index (κ2) is 10.7. The van der Waals surface area contributed by atoms with E-state index in [0.717, 1.165) is 22.6 Å². The molecule has 6 nitrogen and oxygen atoms in total. The summed E-state index contributed by atoms with van der Waals surface area (Å²) in [6.45, 7) is 2.87. The van der Waals surface area contributed by atoms with Gasteiger partial charge in [0.25, 0.3) is 5.91 Å². The Morgan fingerprint density at radius 2 is 1.78 bits per heavy atom. The molecule has 3 aromatic carbocycles. The Balaban J connectivity index is 1.33. The van der Waals surface area contributed by atoms with E-state index in [9.17, 15) is 9.18 Å². The zero-order chi connectivity index (χ0) is 25.1. The minimum atomic E-state index is -0.285. The lowest BCUT2D eigenvalue weighted by molar-refractivity contribution is -0.134. The number of amides is 1. The van der Waals surface area contributed by atoms with Crippen LogP contribution in [0.2, 0.25) is 5.02 Å². The van der Waals surface area contributed by atoms with Gasteiger partial charge in [-0.05, 0) is 35.9 Å². The van der Waals surface area contributed by atoms with E-state index in [0.29, 0.717) is 43.3 Å². The normalized spacial score (nSPS) is 18.3. The number of methoxy groups -OCH3 is 1. The third kappa shape index (κ3) is 5.08. The van der Waals surface area contributed by atoms with Crippen molar-refractivity contribution in [1.29, 1.82) is 0 Å². The number of hydrogen-bond acceptors (Lipinski definition) is 5. The lowest BCUT2D eigenvalue weighted by atomic mass is 9.98. The highest BCUT2D eigenvalue weighted by Gasteiger charge is 2.35. The first-order chi connectivity index (χ1) is 17.5. The summed E-state index contributed by atoms with van der Waals surface area (Å²) >= 11 is 6.54. The number of carbonyl (C=O) groups is 1. The number of ether oxygens (including phenoxy) is 1. The van der Waals surface area contributed by atoms with Crippen molar-refractivity contribution in [3.05, 3.63) is 94.8 Å². The number of benzene rings is 3. The molecule has 8 heteroatoms. The van der Waals surface area contributed by atoms with Crippen LogP contribution >= 0.6 is 11.6 Å². The van der Waals surface area contributed by atoms with Crippen LogP contribution in [0, 0.1) is 5.82 Å². The van der Waals surface area contributed by atoms with Crippen LogP contribution in [0.5, 0.6) is 5.75 Å². The molecule has 5 rings (SSSR count). The molecule has 0 aliphatic carbocycles. The fraction of sp³-hybridized carbons (Fsp3) is 0.286. The van der Waals surface area contributed by atoms with Crippen LogP contribution in [0.3, 0.4) is 0 Å². The number of nitrogens with zero attached hydrogens (tertiary/aromatic N) is 4. The predicted octanol–water partition coefficient (Wildman–Crippen LogP) is 4.99. The molecule has 1 fully saturated rings. The molecule has 2 aliphatic heterocycles. The van der Waals surface area contributed by atoms with Crippen LogP contribution in [-0.4, -0.2) is 61.4 Å². The highest BCUT2D eigenvalue weighted by atomic mass is 35.5. The summed E-state index contributed by atoms with van der Waals surface area (Å²) in [6, 6.07) is 21.8. The second-order valence-electron chi connectivity index (χ2n) is 8.97. The van der Waals surface area contributed by atoms with Gasteiger partial charge < -0.3 is 9.64 Å². The summed E-state index contributed by atoms with van der Waals surface area (Å²) in [7, 11) is 1.63. The molecular formula is C28H28ClFN4O2. The number of hydrazone groups is 1. The lowest BCUT2D eigenvalue weighted by Gasteiger charge is -2.36. The number of rotatable bonds is 6. The molecule has 0 bridgehead atoms. The van der Waals surface area contributed by atoms with Gasteiger partial charge in [0.15, 0.2) is 0 Å². The number of hydrogen-bond donors (Lipinski definition) is 0. The maximum atomic E-state index is 14.2. The zero-order valence-corrected chi connectivity index (χ0v) is 20.9. The molecule has 0 spiro atoms. The van der Waals surface area contributed by atoms with Gasteiger partial charge in [-0.25, -0.2) is 9.40 Å². The Hall–Kier alpha value is -3.42. The Morgan fingerprint density at radius 3 is 2.53 bits per heavy atom. The third-order valence-corrected chi connectivity index (χ3v) is 7.10. The molecule has 3 aromatic rings. The standard InChI is InChI=1S/C28H28ClFN4O2/c1-36-21-8-6-7-20(17-21)25-18-27(22-9-2-3-10-23(22)29)34(31-25)28(35)19-32-13-15-33(16-14-32)26-12-5-4-11-24(26)30/h2-12,17,27H,13-16,18-19H2,1H3. The minimum Gasteiger partial charge on any atom is -0.497 e. The third-order valence-electron chi connectivity index (χ3n) is 6.76. The first-order valence-electron chi connectivity index (χ1n) is 12.0. The van der Waals surface area contributed by atoms with Crippen LogP contribution in [0.25, 0.3) is 0 Å². The average Bonchev–Trinajstić information content (AvgIpc) is 3.35. The molecule has 1 saturated heterocycles. The quantitative estimate of drug-likeness (QED) is 0.473. The minimum absolute atomic E-state index is 0.0860. The Labute approximate surface area is 215 Å². The van der Waals surface area contributed by atoms with E-state index in [1.165, 1.54) is 6.07 Å². The molecular weight excluding hydrogens is 479 g/mol. The maximum Gasteiger partial charge on any atom is 0.257 e. The summed E-state index contributed by atoms with van der Waals surface area (Å²) in [6.07, 6.45) is 0.559. The van der Waals surface area contributed by atoms with Crippen molar-refractivity contribution >= 4 is 28.9 Å². The van der Waals surface area contributed by atoms with E-state index in [1.807, 2.05) is 59.5 Å². The highest BCUT2D eigenvalue weighted by Crippen LogP contribution is 2.36. The molecule has 0 radical (unpaired) electrons. The van der Waals surface area contributed by atoms with Gasteiger partial charge in [-0.15, -0.1) is 0 Å². The first kappa shape index (κ1) is 24.3. The highest BCUT2D eigenvalue weighted by molar-refractivity contribution is 6.31. The summed E-state index contributed by atoms with van der Waals surface area (Å²) in [5, 5.41) is 6.97. The van der Waals surface area contributed by atoms with Gasteiger partial charge in [0.1, 0.15) is 11.6 Å². The van der Waals surface area contributed by atoms with Gasteiger partial charge in [-0.3, -0.25) is 9.69 Å². The Bertz CT molecular complexity index is 1280. The van der Waals surface area contributed by atoms with E-state index < -0.39 is 0 Å². The fourth-order valence-electron chi connectivity index (χ4n) is 4.82. The number of para-hydroxylation sites is 1. The van der Waals surface area contributed by atoms with Crippen molar-refractivity contribution < 1.29 is 13.9 Å². The van der Waals surface area contributed by atoms with Gasteiger partial charge in [-0.1, -0.05) is 54.1 Å². The monoisotopic (exact) mass is 506 g/mol. The van der Waals surface area contributed by atoms with E-state index >= 15 is 0 Å². The van der Waals surface area contributed by atoms with Crippen molar-refractivity contribution in [2.24, 2.45) is 5.10 Å². The first-order valence-corrected chi connectivity index (χ1v) is 12.4. The van der Waals surface area contributed by atoms with E-state index in [1.54, 1.807) is 24.3 Å². The molecule has 1 amide bonds. The van der Waals surface area contributed by atoms with Crippen molar-refractivity contribution in [1.82, 2.24) is 9.91 Å². The predicted molar refractivity (Wildman–Crippen MR) is 140 cm³/mol. The average molecular weight is 507 g/mol. The Kier molecular flexibility index (Phi) is 7.20. The van der Waals surface area contributed by atoms with Crippen molar-refractivity contribution in [3.8, 4) is 5.75 Å². The zero-order valence-electron chi connectivity index (χ0n) is 20.1. The SMILES string of the molecule is COc1cccc(C2=NN(C(=O)CN3CCN(c4ccccc4F)CC3)C(c3ccccc3Cl)C2)c1. The van der Waals surface area contributed by atoms with Crippen LogP contribution in [-0.2, 0) is 4.79 Å². The van der Waals surface area contributed by atoms with Crippen molar-refractivity contribution in [3.63, 3.8) is 0 Å². The molecule has 2 aliphatic rings. The lowest BCUT2D eigenvalue weighted by Crippen LogP contribution is -2.49. The molecule has 2 heterocycles. The molecule has 1 atom stereocenters. The van der Waals surface area contributed by atoms with Gasteiger partial charge >= 0.3 is 0 Å². The number of halogens is 2. The van der Waals surface area contributed by atoms with Crippen molar-refractivity contribution in [2.45, 2.75) is 12.5 Å². The van der Waals surface area contributed by atoms with Crippen molar-refractivity contribution in [2.75, 3.05) is 44.7 Å². The van der Waals surface area contributed by atoms with Crippen LogP contribution in [0.15, 0.2) is 77.9 Å². The second-order valence-corrected chi connectivity index (χ2v) is 9.38. The molecule has 36 heavy (non-hydrogen) atoms. The molecule has 0 saturated carbocycles. The fourth-order valence-corrected chi connectivity index (χ4v) is 5.09. The largest absolute Gasteiger partial charge is 0.497 e. The summed E-state index contributed by atoms with van der Waals surface area (Å²) in [5.74, 6) is 0.431. The van der Waals surface area contributed by atoms with Gasteiger partial charge in [-0.2, -0.15) is 5.10 Å². The van der Waals surface area contributed by atoms with E-state index in [2.05, 4.69) is 4.90 Å². The van der Waals surface area contributed by atoms with E-state index in [-0.39, 0.29) is 24.3 Å². The van der Waals surface area contributed by atoms with Crippen LogP contribution in [0.1, 0.15) is 23.6 Å². The van der Waals surface area contributed by atoms with Crippen LogP contribution in [0.4, 0.5) is 10.1 Å². The topological polar surface area (TPSA) is 48.4 Å². The number of carbonyl (C=O) groups excluding carboxylic acids is 1. The number of anilines is 1. The van der Waals surface area contributed by atoms with Gasteiger partial charge in [0.05, 0.1) is 31.1 Å². The summed E-state index contributed by atoms with van der Waals surface area (Å²) < 4.78 is 19.6. The molecule has 1 unspecified atom stereocenters. The Morgan fingerprint density at radius 1 is 1.03 bits per heavy atom. The number of piperazine rings is 1. The smallest absolute Gasteiger partial charge is 0.257 e. The molecule has 0 N–H and O–H groups in total. The van der Waals surface area contributed by atoms with Gasteiger partial charge in [0.2, 0.25) is 0 Å².